The first-order valence-corrected chi connectivity index (χ1v) is 10.1. The quantitative estimate of drug-likeness (QED) is 0.755. The normalized spacial score (nSPS) is 27.0. The predicted octanol–water partition coefficient (Wildman–Crippen LogP) is 4.09. The number of rotatable bonds is 4. The van der Waals surface area contributed by atoms with Crippen LogP contribution in [0.5, 0.6) is 0 Å². The lowest BCUT2D eigenvalue weighted by atomic mass is 9.99. The van der Waals surface area contributed by atoms with Crippen molar-refractivity contribution in [1.82, 2.24) is 10.6 Å². The zero-order valence-electron chi connectivity index (χ0n) is 16.6. The number of carbonyl (C=O) groups is 1. The maximum atomic E-state index is 12.9. The van der Waals surface area contributed by atoms with Gasteiger partial charge in [-0.05, 0) is 56.7 Å². The number of hydrogen-bond donors (Lipinski definition) is 2. The van der Waals surface area contributed by atoms with E-state index >= 15 is 0 Å². The average molecular weight is 438 g/mol. The van der Waals surface area contributed by atoms with Crippen LogP contribution in [0.4, 0.5) is 5.69 Å². The number of nitrogens with zero attached hydrogens (tertiary/aromatic N) is 1. The Kier molecular flexibility index (Phi) is 6.82. The minimum Gasteiger partial charge on any atom is -0.467 e. The fourth-order valence-corrected chi connectivity index (χ4v) is 5.13. The number of benzene rings is 1. The van der Waals surface area contributed by atoms with E-state index in [1.807, 2.05) is 6.07 Å². The van der Waals surface area contributed by atoms with Crippen LogP contribution < -0.4 is 15.5 Å². The van der Waals surface area contributed by atoms with Gasteiger partial charge in [0.15, 0.2) is 0 Å². The van der Waals surface area contributed by atoms with E-state index < -0.39 is 0 Å². The maximum Gasteiger partial charge on any atom is 0.255 e. The molecule has 29 heavy (non-hydrogen) atoms. The van der Waals surface area contributed by atoms with Crippen molar-refractivity contribution in [3.63, 3.8) is 0 Å². The third-order valence-corrected chi connectivity index (χ3v) is 6.46. The van der Waals surface area contributed by atoms with Gasteiger partial charge >= 0.3 is 0 Å². The third-order valence-electron chi connectivity index (χ3n) is 6.46. The van der Waals surface area contributed by atoms with Crippen LogP contribution in [-0.2, 0) is 13.0 Å². The van der Waals surface area contributed by atoms with Gasteiger partial charge in [0, 0.05) is 29.9 Å². The SMILES string of the molecule is CC1Cc2ccccc2N1Cc1occc1C(=O)NC1CC2CCC(C1)N2.Cl.Cl. The molecule has 2 bridgehead atoms. The Labute approximate surface area is 184 Å². The molecule has 5 rings (SSSR count). The Bertz CT molecular complexity index is 844. The van der Waals surface area contributed by atoms with Gasteiger partial charge in [-0.2, -0.15) is 0 Å². The van der Waals surface area contributed by atoms with Gasteiger partial charge in [-0.25, -0.2) is 0 Å². The number of fused-ring (bicyclic) bond motifs is 3. The molecule has 0 radical (unpaired) electrons. The van der Waals surface area contributed by atoms with Crippen molar-refractivity contribution in [1.29, 1.82) is 0 Å². The summed E-state index contributed by atoms with van der Waals surface area (Å²) < 4.78 is 5.74. The van der Waals surface area contributed by atoms with Gasteiger partial charge in [-0.15, -0.1) is 24.8 Å². The summed E-state index contributed by atoms with van der Waals surface area (Å²) in [7, 11) is 0. The molecule has 2 saturated heterocycles. The largest absolute Gasteiger partial charge is 0.467 e. The summed E-state index contributed by atoms with van der Waals surface area (Å²) in [6.45, 7) is 2.86. The highest BCUT2D eigenvalue weighted by molar-refractivity contribution is 5.95. The zero-order valence-corrected chi connectivity index (χ0v) is 18.2. The van der Waals surface area contributed by atoms with Gasteiger partial charge in [0.2, 0.25) is 0 Å². The lowest BCUT2D eigenvalue weighted by molar-refractivity contribution is 0.0922. The molecule has 1 amide bonds. The van der Waals surface area contributed by atoms with Crippen molar-refractivity contribution in [3.05, 3.63) is 53.5 Å². The second kappa shape index (κ2) is 8.99. The van der Waals surface area contributed by atoms with E-state index in [1.165, 1.54) is 24.1 Å². The van der Waals surface area contributed by atoms with Gasteiger partial charge < -0.3 is 20.0 Å². The molecule has 2 N–H and O–H groups in total. The van der Waals surface area contributed by atoms with Crippen LogP contribution in [0, 0.1) is 0 Å². The van der Waals surface area contributed by atoms with Crippen molar-refractivity contribution in [2.75, 3.05) is 4.90 Å². The maximum absolute atomic E-state index is 12.9. The Morgan fingerprint density at radius 3 is 2.66 bits per heavy atom. The van der Waals surface area contributed by atoms with E-state index in [-0.39, 0.29) is 36.8 Å². The standard InChI is InChI=1S/C22H27N3O2.2ClH/c1-14-10-15-4-2-3-5-20(15)25(14)13-21-19(8-9-27-21)22(26)24-18-11-16-6-7-17(12-18)23-16;;/h2-5,8-9,14,16-18,23H,6-7,10-13H2,1H3,(H,24,26);2*1H. The number of halogens is 2. The molecule has 5 nitrogen and oxygen atoms in total. The van der Waals surface area contributed by atoms with E-state index in [9.17, 15) is 4.79 Å². The fraction of sp³-hybridized carbons (Fsp3) is 0.500. The topological polar surface area (TPSA) is 57.5 Å². The summed E-state index contributed by atoms with van der Waals surface area (Å²) in [4.78, 5) is 15.3. The van der Waals surface area contributed by atoms with E-state index in [0.717, 1.165) is 25.0 Å². The molecule has 3 unspecified atom stereocenters. The molecule has 0 spiro atoms. The lowest BCUT2D eigenvalue weighted by Gasteiger charge is -2.29. The molecule has 2 fully saturated rings. The highest BCUT2D eigenvalue weighted by Crippen LogP contribution is 2.34. The Morgan fingerprint density at radius 2 is 1.90 bits per heavy atom. The van der Waals surface area contributed by atoms with Crippen LogP contribution in [0.2, 0.25) is 0 Å². The van der Waals surface area contributed by atoms with Crippen molar-refractivity contribution in [2.24, 2.45) is 0 Å². The van der Waals surface area contributed by atoms with Crippen LogP contribution in [0.15, 0.2) is 41.0 Å². The molecule has 1 aromatic carbocycles. The second-order valence-electron chi connectivity index (χ2n) is 8.35. The van der Waals surface area contributed by atoms with E-state index in [1.54, 1.807) is 6.26 Å². The van der Waals surface area contributed by atoms with Crippen LogP contribution in [0.25, 0.3) is 0 Å². The van der Waals surface area contributed by atoms with Crippen molar-refractivity contribution < 1.29 is 9.21 Å². The molecule has 4 heterocycles. The molecular weight excluding hydrogens is 409 g/mol. The van der Waals surface area contributed by atoms with Crippen LogP contribution >= 0.6 is 24.8 Å². The molecule has 1 aromatic heterocycles. The molecule has 3 atom stereocenters. The molecule has 2 aromatic rings. The number of anilines is 1. The van der Waals surface area contributed by atoms with E-state index in [4.69, 9.17) is 4.42 Å². The summed E-state index contributed by atoms with van der Waals surface area (Å²) in [5, 5.41) is 6.89. The molecule has 3 aliphatic rings. The monoisotopic (exact) mass is 437 g/mol. The number of para-hydroxylation sites is 1. The second-order valence-corrected chi connectivity index (χ2v) is 8.35. The molecule has 7 heteroatoms. The Morgan fingerprint density at radius 1 is 1.17 bits per heavy atom. The van der Waals surface area contributed by atoms with Gasteiger partial charge in [0.1, 0.15) is 5.76 Å². The highest BCUT2D eigenvalue weighted by atomic mass is 35.5. The lowest BCUT2D eigenvalue weighted by Crippen LogP contribution is -2.48. The van der Waals surface area contributed by atoms with Gasteiger partial charge in [0.25, 0.3) is 5.91 Å². The number of carbonyl (C=O) groups excluding carboxylic acids is 1. The molecule has 0 saturated carbocycles. The highest BCUT2D eigenvalue weighted by Gasteiger charge is 2.35. The summed E-state index contributed by atoms with van der Waals surface area (Å²) >= 11 is 0. The molecule has 3 aliphatic heterocycles. The fourth-order valence-electron chi connectivity index (χ4n) is 5.13. The number of amides is 1. The number of nitrogens with one attached hydrogen (secondary N) is 2. The van der Waals surface area contributed by atoms with Crippen LogP contribution in [-0.4, -0.2) is 30.1 Å². The van der Waals surface area contributed by atoms with Gasteiger partial charge in [-0.3, -0.25) is 4.79 Å². The third kappa shape index (κ3) is 4.27. The summed E-state index contributed by atoms with van der Waals surface area (Å²) in [6.07, 6.45) is 7.22. The summed E-state index contributed by atoms with van der Waals surface area (Å²) in [5.41, 5.74) is 3.30. The van der Waals surface area contributed by atoms with Crippen molar-refractivity contribution in [2.45, 2.75) is 69.7 Å². The first-order valence-electron chi connectivity index (χ1n) is 10.1. The first kappa shape index (κ1) is 22.0. The zero-order chi connectivity index (χ0) is 18.4. The van der Waals surface area contributed by atoms with Crippen LogP contribution in [0.3, 0.4) is 0 Å². The Hall–Kier alpha value is -1.69. The summed E-state index contributed by atoms with van der Waals surface area (Å²) in [5.74, 6) is 0.762. The first-order chi connectivity index (χ1) is 13.2. The minimum absolute atomic E-state index is 0. The number of furan rings is 1. The Balaban J connectivity index is 0.00000120. The minimum atomic E-state index is 0. The van der Waals surface area contributed by atoms with Crippen molar-refractivity contribution in [3.8, 4) is 0 Å². The number of piperidine rings is 1. The van der Waals surface area contributed by atoms with E-state index in [0.29, 0.717) is 30.2 Å². The van der Waals surface area contributed by atoms with Gasteiger partial charge in [-0.1, -0.05) is 18.2 Å². The average Bonchev–Trinajstić information content (AvgIpc) is 3.34. The summed E-state index contributed by atoms with van der Waals surface area (Å²) in [6, 6.07) is 12.1. The van der Waals surface area contributed by atoms with E-state index in [2.05, 4.69) is 46.7 Å². The van der Waals surface area contributed by atoms with Crippen molar-refractivity contribution >= 4 is 36.4 Å². The van der Waals surface area contributed by atoms with Crippen LogP contribution in [0.1, 0.15) is 54.3 Å². The number of hydrogen-bond acceptors (Lipinski definition) is 4. The molecule has 158 valence electrons. The molecule has 0 aliphatic carbocycles. The predicted molar refractivity (Wildman–Crippen MR) is 119 cm³/mol. The molecular formula is C22H29Cl2N3O2. The smallest absolute Gasteiger partial charge is 0.255 e. The van der Waals surface area contributed by atoms with Gasteiger partial charge in [0.05, 0.1) is 18.4 Å².